The molecule has 1 unspecified atom stereocenters. The lowest BCUT2D eigenvalue weighted by molar-refractivity contribution is -0.119. The number of nitrogens with zero attached hydrogens (tertiary/aromatic N) is 1. The molecule has 0 fully saturated rings. The van der Waals surface area contributed by atoms with Gasteiger partial charge in [0.1, 0.15) is 0 Å². The fraction of sp³-hybridized carbons (Fsp3) is 0.200. The fourth-order valence-electron chi connectivity index (χ4n) is 1.38. The Kier molecular flexibility index (Phi) is 1.96. The number of fused-ring (bicyclic) bond motifs is 1. The molecule has 2 aromatic heterocycles. The highest BCUT2D eigenvalue weighted by atomic mass is 16.3. The molecule has 72 valence electrons. The zero-order valence-electron chi connectivity index (χ0n) is 7.73. The van der Waals surface area contributed by atoms with Gasteiger partial charge >= 0.3 is 0 Å². The Balaban J connectivity index is 2.58. The smallest absolute Gasteiger partial charge is 0.226 e. The minimum Gasteiger partial charge on any atom is -0.446 e. The summed E-state index contributed by atoms with van der Waals surface area (Å²) in [4.78, 5) is 15.0. The minimum atomic E-state index is -0.364. The largest absolute Gasteiger partial charge is 0.446 e. The van der Waals surface area contributed by atoms with E-state index in [4.69, 9.17) is 10.2 Å². The van der Waals surface area contributed by atoms with E-state index >= 15 is 0 Å². The van der Waals surface area contributed by atoms with Gasteiger partial charge in [0.25, 0.3) is 0 Å². The molecule has 2 rings (SSSR count). The molecule has 4 heteroatoms. The normalized spacial score (nSPS) is 12.9. The number of hydrogen-bond acceptors (Lipinski definition) is 3. The third-order valence-corrected chi connectivity index (χ3v) is 2.27. The van der Waals surface area contributed by atoms with Gasteiger partial charge in [-0.2, -0.15) is 0 Å². The van der Waals surface area contributed by atoms with Crippen molar-refractivity contribution < 1.29 is 9.21 Å². The molecule has 14 heavy (non-hydrogen) atoms. The number of hydrogen-bond donors (Lipinski definition) is 1. The summed E-state index contributed by atoms with van der Waals surface area (Å²) in [6, 6.07) is 3.66. The molecule has 0 aliphatic heterocycles. The maximum atomic E-state index is 11.0. The van der Waals surface area contributed by atoms with Crippen LogP contribution < -0.4 is 5.73 Å². The number of primary amides is 1. The first-order chi connectivity index (χ1) is 6.70. The SMILES string of the molecule is CC(C(N)=O)c1coc2ncccc12. The number of carbonyl (C=O) groups is 1. The highest BCUT2D eigenvalue weighted by Gasteiger charge is 2.17. The molecule has 0 saturated heterocycles. The quantitative estimate of drug-likeness (QED) is 0.778. The van der Waals surface area contributed by atoms with E-state index in [-0.39, 0.29) is 11.8 Å². The molecule has 0 aliphatic carbocycles. The van der Waals surface area contributed by atoms with Gasteiger partial charge in [0.05, 0.1) is 12.2 Å². The van der Waals surface area contributed by atoms with Crippen LogP contribution in [-0.2, 0) is 4.79 Å². The third kappa shape index (κ3) is 1.25. The Labute approximate surface area is 80.7 Å². The molecule has 0 aliphatic rings. The number of pyridine rings is 1. The van der Waals surface area contributed by atoms with E-state index in [0.717, 1.165) is 10.9 Å². The standard InChI is InChI=1S/C10H10N2O2/c1-6(9(11)13)8-5-14-10-7(8)3-2-4-12-10/h2-6H,1H3,(H2,11,13). The number of furan rings is 1. The molecule has 4 nitrogen and oxygen atoms in total. The lowest BCUT2D eigenvalue weighted by Gasteiger charge is -2.03. The molecule has 0 radical (unpaired) electrons. The molecule has 1 atom stereocenters. The van der Waals surface area contributed by atoms with Crippen molar-refractivity contribution in [2.75, 3.05) is 0 Å². The third-order valence-electron chi connectivity index (χ3n) is 2.27. The van der Waals surface area contributed by atoms with Crippen LogP contribution in [0.1, 0.15) is 18.4 Å². The zero-order chi connectivity index (χ0) is 10.1. The predicted molar refractivity (Wildman–Crippen MR) is 51.6 cm³/mol. The molecular formula is C10H10N2O2. The minimum absolute atomic E-state index is 0.347. The Morgan fingerprint density at radius 2 is 2.43 bits per heavy atom. The molecule has 2 aromatic rings. The molecule has 2 heterocycles. The van der Waals surface area contributed by atoms with E-state index in [2.05, 4.69) is 4.98 Å². The van der Waals surface area contributed by atoms with Gasteiger partial charge in [0.2, 0.25) is 11.6 Å². The molecular weight excluding hydrogens is 180 g/mol. The lowest BCUT2D eigenvalue weighted by atomic mass is 10.0. The van der Waals surface area contributed by atoms with E-state index in [0.29, 0.717) is 5.71 Å². The Morgan fingerprint density at radius 3 is 3.14 bits per heavy atom. The average Bonchev–Trinajstić information content (AvgIpc) is 2.60. The van der Waals surface area contributed by atoms with Crippen molar-refractivity contribution in [2.45, 2.75) is 12.8 Å². The lowest BCUT2D eigenvalue weighted by Crippen LogP contribution is -2.18. The number of amides is 1. The highest BCUT2D eigenvalue weighted by molar-refractivity contribution is 5.88. The van der Waals surface area contributed by atoms with E-state index in [1.165, 1.54) is 6.26 Å². The van der Waals surface area contributed by atoms with Crippen LogP contribution in [-0.4, -0.2) is 10.9 Å². The van der Waals surface area contributed by atoms with Crippen molar-refractivity contribution in [2.24, 2.45) is 5.73 Å². The molecule has 0 bridgehead atoms. The first kappa shape index (κ1) is 8.74. The van der Waals surface area contributed by atoms with Crippen LogP contribution in [0.2, 0.25) is 0 Å². The van der Waals surface area contributed by atoms with Crippen LogP contribution in [0, 0.1) is 0 Å². The van der Waals surface area contributed by atoms with Gasteiger partial charge in [-0.1, -0.05) is 0 Å². The van der Waals surface area contributed by atoms with Crippen molar-refractivity contribution in [3.8, 4) is 0 Å². The fourth-order valence-corrected chi connectivity index (χ4v) is 1.38. The van der Waals surface area contributed by atoms with Gasteiger partial charge in [0, 0.05) is 17.1 Å². The molecule has 0 aromatic carbocycles. The topological polar surface area (TPSA) is 69.1 Å². The summed E-state index contributed by atoms with van der Waals surface area (Å²) >= 11 is 0. The average molecular weight is 190 g/mol. The van der Waals surface area contributed by atoms with Crippen LogP contribution in [0.5, 0.6) is 0 Å². The van der Waals surface area contributed by atoms with Crippen molar-refractivity contribution in [3.63, 3.8) is 0 Å². The molecule has 2 N–H and O–H groups in total. The summed E-state index contributed by atoms with van der Waals surface area (Å²) in [5, 5.41) is 0.846. The second-order valence-corrected chi connectivity index (χ2v) is 3.17. The maximum absolute atomic E-state index is 11.0. The Morgan fingerprint density at radius 1 is 1.64 bits per heavy atom. The Bertz CT molecular complexity index is 476. The summed E-state index contributed by atoms with van der Waals surface area (Å²) in [5.41, 5.74) is 6.55. The van der Waals surface area contributed by atoms with Gasteiger partial charge in [-0.25, -0.2) is 4.98 Å². The first-order valence-corrected chi connectivity index (χ1v) is 4.31. The van der Waals surface area contributed by atoms with Crippen LogP contribution in [0.4, 0.5) is 0 Å². The first-order valence-electron chi connectivity index (χ1n) is 4.31. The number of rotatable bonds is 2. The van der Waals surface area contributed by atoms with Gasteiger partial charge in [0.15, 0.2) is 0 Å². The second-order valence-electron chi connectivity index (χ2n) is 3.17. The van der Waals surface area contributed by atoms with E-state index in [1.54, 1.807) is 19.2 Å². The van der Waals surface area contributed by atoms with Crippen molar-refractivity contribution >= 4 is 17.0 Å². The number of carbonyl (C=O) groups excluding carboxylic acids is 1. The number of aromatic nitrogens is 1. The Hall–Kier alpha value is -1.84. The number of nitrogens with two attached hydrogens (primary N) is 1. The van der Waals surface area contributed by atoms with Gasteiger partial charge < -0.3 is 10.2 Å². The van der Waals surface area contributed by atoms with Gasteiger partial charge in [-0.3, -0.25) is 4.79 Å². The summed E-state index contributed by atoms with van der Waals surface area (Å²) in [6.07, 6.45) is 3.18. The van der Waals surface area contributed by atoms with Crippen LogP contribution in [0.25, 0.3) is 11.1 Å². The predicted octanol–water partition coefficient (Wildman–Crippen LogP) is 1.42. The summed E-state index contributed by atoms with van der Waals surface area (Å²) in [7, 11) is 0. The summed E-state index contributed by atoms with van der Waals surface area (Å²) in [5.74, 6) is -0.711. The second kappa shape index (κ2) is 3.14. The van der Waals surface area contributed by atoms with Crippen LogP contribution >= 0.6 is 0 Å². The van der Waals surface area contributed by atoms with Crippen molar-refractivity contribution in [1.29, 1.82) is 0 Å². The maximum Gasteiger partial charge on any atom is 0.226 e. The van der Waals surface area contributed by atoms with E-state index in [9.17, 15) is 4.79 Å². The summed E-state index contributed by atoms with van der Waals surface area (Å²) in [6.45, 7) is 1.75. The summed E-state index contributed by atoms with van der Waals surface area (Å²) < 4.78 is 5.20. The van der Waals surface area contributed by atoms with E-state index < -0.39 is 0 Å². The zero-order valence-corrected chi connectivity index (χ0v) is 7.73. The van der Waals surface area contributed by atoms with Crippen LogP contribution in [0.3, 0.4) is 0 Å². The molecule has 0 saturated carbocycles. The highest BCUT2D eigenvalue weighted by Crippen LogP contribution is 2.25. The molecule has 0 spiro atoms. The van der Waals surface area contributed by atoms with Crippen molar-refractivity contribution in [3.05, 3.63) is 30.2 Å². The monoisotopic (exact) mass is 190 g/mol. The van der Waals surface area contributed by atoms with E-state index in [1.807, 2.05) is 6.07 Å². The van der Waals surface area contributed by atoms with Gasteiger partial charge in [-0.15, -0.1) is 0 Å². The van der Waals surface area contributed by atoms with Crippen LogP contribution in [0.15, 0.2) is 29.0 Å². The molecule has 1 amide bonds. The van der Waals surface area contributed by atoms with Gasteiger partial charge in [-0.05, 0) is 19.1 Å². The van der Waals surface area contributed by atoms with Crippen molar-refractivity contribution in [1.82, 2.24) is 4.98 Å².